The fraction of sp³-hybridized carbons (Fsp3) is 0.211. The highest BCUT2D eigenvalue weighted by atomic mass is 15.0. The normalized spacial score (nSPS) is 10.7. The van der Waals surface area contributed by atoms with Gasteiger partial charge in [-0.2, -0.15) is 0 Å². The van der Waals surface area contributed by atoms with Gasteiger partial charge in [0.2, 0.25) is 0 Å². The van der Waals surface area contributed by atoms with Crippen LogP contribution in [0.4, 0.5) is 0 Å². The molecule has 0 unspecified atom stereocenters. The van der Waals surface area contributed by atoms with Gasteiger partial charge < -0.3 is 22.6 Å². The van der Waals surface area contributed by atoms with Crippen molar-refractivity contribution in [1.82, 2.24) is 0 Å². The molecule has 0 bridgehead atoms. The summed E-state index contributed by atoms with van der Waals surface area (Å²) in [5.41, 5.74) is 31.4. The predicted molar refractivity (Wildman–Crippen MR) is 272 cm³/mol. The molecule has 0 spiro atoms. The van der Waals surface area contributed by atoms with Crippen molar-refractivity contribution in [3.05, 3.63) is 233 Å². The summed E-state index contributed by atoms with van der Waals surface area (Å²) in [6.45, 7) is 22.4. The van der Waals surface area contributed by atoms with E-state index in [2.05, 4.69) is 81.4 Å². The number of allylic oxidation sites excluding steroid dienone is 7. The van der Waals surface area contributed by atoms with Crippen LogP contribution in [-0.4, -0.2) is 5.71 Å². The topological polar surface area (TPSA) is 102 Å². The zero-order valence-corrected chi connectivity index (χ0v) is 38.7. The molecular formula is C57H72N4. The molecule has 61 heavy (non-hydrogen) atoms. The van der Waals surface area contributed by atoms with Crippen molar-refractivity contribution in [3.63, 3.8) is 0 Å². The molecule has 6 aromatic carbocycles. The minimum Gasteiger partial charge on any atom is -0.398 e. The van der Waals surface area contributed by atoms with Crippen LogP contribution in [0.25, 0.3) is 28.0 Å². The third kappa shape index (κ3) is 16.7. The Labute approximate surface area is 369 Å². The van der Waals surface area contributed by atoms with Crippen LogP contribution in [0.2, 0.25) is 0 Å². The van der Waals surface area contributed by atoms with Crippen LogP contribution in [-0.2, 0) is 5.66 Å². The van der Waals surface area contributed by atoms with Crippen molar-refractivity contribution in [3.8, 4) is 22.3 Å². The van der Waals surface area contributed by atoms with Gasteiger partial charge in [-0.05, 0) is 96.3 Å². The van der Waals surface area contributed by atoms with Crippen LogP contribution >= 0.6 is 0 Å². The third-order valence-electron chi connectivity index (χ3n) is 9.12. The summed E-state index contributed by atoms with van der Waals surface area (Å²) in [4.78, 5) is 0. The highest BCUT2D eigenvalue weighted by Crippen LogP contribution is 2.40. The van der Waals surface area contributed by atoms with Crippen LogP contribution < -0.4 is 17.2 Å². The number of nitrogens with two attached hydrogens (primary N) is 3. The number of hydrogen-bond acceptors (Lipinski definition) is 4. The lowest BCUT2D eigenvalue weighted by atomic mass is 9.81. The Morgan fingerprint density at radius 2 is 1.02 bits per heavy atom. The molecule has 6 rings (SSSR count). The summed E-state index contributed by atoms with van der Waals surface area (Å²) in [6.07, 6.45) is 13.7. The van der Waals surface area contributed by atoms with E-state index in [9.17, 15) is 0 Å². The molecule has 0 atom stereocenters. The van der Waals surface area contributed by atoms with Gasteiger partial charge in [0.1, 0.15) is 5.66 Å². The SMILES string of the molecule is CC.CC.CC.C\C=C/C=C\C=C\C.Cc1cccc(-c2ccc(C(N)(N)c3ccccc3)c(C)c2-c2ccccc2C)c1.N=C(/C=C(\N)c1ccccc1)c1ccccc1. The number of benzene rings is 6. The van der Waals surface area contributed by atoms with Crippen LogP contribution in [0.15, 0.2) is 194 Å². The van der Waals surface area contributed by atoms with Gasteiger partial charge in [0.25, 0.3) is 0 Å². The van der Waals surface area contributed by atoms with Crippen molar-refractivity contribution < 1.29 is 0 Å². The van der Waals surface area contributed by atoms with Crippen molar-refractivity contribution >= 4 is 11.4 Å². The number of hydrogen-bond donors (Lipinski definition) is 4. The maximum Gasteiger partial charge on any atom is 0.117 e. The molecule has 0 saturated heterocycles. The summed E-state index contributed by atoms with van der Waals surface area (Å²) >= 11 is 0. The van der Waals surface area contributed by atoms with E-state index in [1.165, 1.54) is 33.4 Å². The van der Waals surface area contributed by atoms with Crippen molar-refractivity contribution in [1.29, 1.82) is 5.41 Å². The molecule has 6 aromatic rings. The fourth-order valence-corrected chi connectivity index (χ4v) is 6.20. The standard InChI is InChI=1S/C28H28N2.C15H14N2.C8H12.3C2H6/c1-19-10-9-12-22(18-19)25-16-17-26(28(29,30)23-13-5-4-6-14-23)21(3)27(25)24-15-8-7-11-20(24)2;16-14(12-7-3-1-4-8-12)11-15(17)13-9-5-2-6-10-13;1-3-5-7-8-6-4-2;3*1-2/h4-18H,29-30H2,1-3H3;1-11,16H,17H2;3-8H,1-2H3;3*1-2H3/b;15-11-,16-14?;5-3-,6-4+,8-7-;;;. The Balaban J connectivity index is 0.000000505. The first-order chi connectivity index (χ1) is 29.6. The average Bonchev–Trinajstić information content (AvgIpc) is 3.31. The second kappa shape index (κ2) is 29.8. The van der Waals surface area contributed by atoms with Gasteiger partial charge in [-0.3, -0.25) is 0 Å². The summed E-state index contributed by atoms with van der Waals surface area (Å²) in [6, 6.07) is 50.5. The molecule has 7 N–H and O–H groups in total. The van der Waals surface area contributed by atoms with E-state index in [0.717, 1.165) is 27.8 Å². The molecule has 0 aromatic heterocycles. The predicted octanol–water partition coefficient (Wildman–Crippen LogP) is 14.9. The number of aryl methyl sites for hydroxylation is 2. The molecule has 0 heterocycles. The zero-order chi connectivity index (χ0) is 45.6. The summed E-state index contributed by atoms with van der Waals surface area (Å²) < 4.78 is 0. The first-order valence-electron chi connectivity index (χ1n) is 21.6. The minimum atomic E-state index is -1.08. The Bertz CT molecular complexity index is 2230. The van der Waals surface area contributed by atoms with Gasteiger partial charge in [-0.25, -0.2) is 0 Å². The molecule has 0 amide bonds. The van der Waals surface area contributed by atoms with Gasteiger partial charge >= 0.3 is 0 Å². The van der Waals surface area contributed by atoms with Crippen molar-refractivity contribution in [2.45, 2.75) is 81.8 Å². The van der Waals surface area contributed by atoms with Crippen LogP contribution in [0.5, 0.6) is 0 Å². The molecule has 4 heteroatoms. The summed E-state index contributed by atoms with van der Waals surface area (Å²) in [5, 5.41) is 7.95. The second-order valence-corrected chi connectivity index (χ2v) is 13.3. The lowest BCUT2D eigenvalue weighted by Crippen LogP contribution is -2.47. The van der Waals surface area contributed by atoms with Gasteiger partial charge in [-0.1, -0.05) is 235 Å². The molecule has 0 fully saturated rings. The zero-order valence-electron chi connectivity index (χ0n) is 38.7. The van der Waals surface area contributed by atoms with E-state index >= 15 is 0 Å². The fourth-order valence-electron chi connectivity index (χ4n) is 6.20. The molecule has 0 radical (unpaired) electrons. The van der Waals surface area contributed by atoms with E-state index in [1.807, 2.05) is 183 Å². The average molecular weight is 813 g/mol. The Morgan fingerprint density at radius 3 is 1.52 bits per heavy atom. The van der Waals surface area contributed by atoms with E-state index in [1.54, 1.807) is 6.08 Å². The van der Waals surface area contributed by atoms with Gasteiger partial charge in [-0.15, -0.1) is 0 Å². The number of rotatable bonds is 9. The maximum atomic E-state index is 7.95. The minimum absolute atomic E-state index is 0.423. The van der Waals surface area contributed by atoms with Gasteiger partial charge in [0.15, 0.2) is 0 Å². The summed E-state index contributed by atoms with van der Waals surface area (Å²) in [7, 11) is 0. The van der Waals surface area contributed by atoms with Crippen LogP contribution in [0.3, 0.4) is 0 Å². The molecular weight excluding hydrogens is 741 g/mol. The van der Waals surface area contributed by atoms with E-state index < -0.39 is 5.66 Å². The molecule has 0 aliphatic carbocycles. The molecule has 4 nitrogen and oxygen atoms in total. The van der Waals surface area contributed by atoms with E-state index in [-0.39, 0.29) is 0 Å². The molecule has 0 saturated carbocycles. The third-order valence-corrected chi connectivity index (χ3v) is 9.12. The van der Waals surface area contributed by atoms with Crippen LogP contribution in [0, 0.1) is 26.2 Å². The van der Waals surface area contributed by atoms with Crippen LogP contribution in [0.1, 0.15) is 94.3 Å². The monoisotopic (exact) mass is 813 g/mol. The Hall–Kier alpha value is -6.33. The maximum absolute atomic E-state index is 7.95. The Morgan fingerprint density at radius 1 is 0.525 bits per heavy atom. The quantitative estimate of drug-likeness (QED) is 0.0664. The summed E-state index contributed by atoms with van der Waals surface area (Å²) in [5.74, 6) is 0. The van der Waals surface area contributed by atoms with Crippen molar-refractivity contribution in [2.24, 2.45) is 17.2 Å². The molecule has 0 aliphatic rings. The lowest BCUT2D eigenvalue weighted by molar-refractivity contribution is 0.564. The molecule has 0 aliphatic heterocycles. The van der Waals surface area contributed by atoms with Crippen molar-refractivity contribution in [2.75, 3.05) is 0 Å². The first kappa shape index (κ1) is 52.7. The number of nitrogens with one attached hydrogen (secondary N) is 1. The van der Waals surface area contributed by atoms with E-state index in [4.69, 9.17) is 22.6 Å². The second-order valence-electron chi connectivity index (χ2n) is 13.3. The first-order valence-corrected chi connectivity index (χ1v) is 21.6. The Kier molecular flexibility index (Phi) is 25.7. The smallest absolute Gasteiger partial charge is 0.117 e. The highest BCUT2D eigenvalue weighted by Gasteiger charge is 2.28. The van der Waals surface area contributed by atoms with Gasteiger partial charge in [0.05, 0.1) is 5.71 Å². The molecule has 320 valence electrons. The van der Waals surface area contributed by atoms with E-state index in [0.29, 0.717) is 11.4 Å². The lowest BCUT2D eigenvalue weighted by Gasteiger charge is -2.30. The highest BCUT2D eigenvalue weighted by molar-refractivity contribution is 6.10. The van der Waals surface area contributed by atoms with Gasteiger partial charge in [0, 0.05) is 5.70 Å². The largest absolute Gasteiger partial charge is 0.398 e.